The number of carboxylic acid groups (broad SMARTS) is 1. The highest BCUT2D eigenvalue weighted by Gasteiger charge is 2.32. The quantitative estimate of drug-likeness (QED) is 0.575. The van der Waals surface area contributed by atoms with Crippen LogP contribution in [0.25, 0.3) is 0 Å². The molecule has 2 amide bonds. The zero-order chi connectivity index (χ0) is 14.4. The van der Waals surface area contributed by atoms with Gasteiger partial charge in [-0.1, -0.05) is 0 Å². The number of nitrogens with zero attached hydrogens (tertiary/aromatic N) is 2. The molecule has 20 heavy (non-hydrogen) atoms. The largest absolute Gasteiger partial charge is 0.480 e. The molecule has 0 radical (unpaired) electrons. The number of morpholine rings is 1. The van der Waals surface area contributed by atoms with Crippen molar-refractivity contribution in [3.8, 4) is 0 Å². The Bertz CT molecular complexity index is 346. The normalized spacial score (nSPS) is 24.4. The highest BCUT2D eigenvalue weighted by molar-refractivity contribution is 5.82. The van der Waals surface area contributed by atoms with Gasteiger partial charge in [0.2, 0.25) is 0 Å². The molecule has 8 heteroatoms. The topological polar surface area (TPSA) is 94.1 Å². The molecule has 114 valence electrons. The van der Waals surface area contributed by atoms with E-state index in [4.69, 9.17) is 9.84 Å². The van der Waals surface area contributed by atoms with Crippen molar-refractivity contribution in [2.75, 3.05) is 59.0 Å². The van der Waals surface area contributed by atoms with E-state index in [9.17, 15) is 9.59 Å². The van der Waals surface area contributed by atoms with Crippen LogP contribution in [0.4, 0.5) is 4.79 Å². The van der Waals surface area contributed by atoms with Crippen molar-refractivity contribution < 1.29 is 19.4 Å². The van der Waals surface area contributed by atoms with Crippen molar-refractivity contribution in [3.63, 3.8) is 0 Å². The lowest BCUT2D eigenvalue weighted by molar-refractivity contribution is -0.147. The molecule has 1 unspecified atom stereocenters. The Balaban J connectivity index is 1.73. The second-order valence-electron chi connectivity index (χ2n) is 4.95. The minimum absolute atomic E-state index is 0.0561. The number of nitrogens with one attached hydrogen (secondary N) is 2. The smallest absolute Gasteiger partial charge is 0.328 e. The summed E-state index contributed by atoms with van der Waals surface area (Å²) >= 11 is 0. The summed E-state index contributed by atoms with van der Waals surface area (Å²) in [6.07, 6.45) is 0. The van der Waals surface area contributed by atoms with Gasteiger partial charge in [0.25, 0.3) is 0 Å². The molecular weight excluding hydrogens is 264 g/mol. The van der Waals surface area contributed by atoms with Gasteiger partial charge in [0.1, 0.15) is 0 Å². The van der Waals surface area contributed by atoms with Gasteiger partial charge in [0.15, 0.2) is 6.04 Å². The highest BCUT2D eigenvalue weighted by atomic mass is 16.5. The van der Waals surface area contributed by atoms with Crippen LogP contribution in [0.15, 0.2) is 0 Å². The van der Waals surface area contributed by atoms with E-state index in [-0.39, 0.29) is 12.6 Å². The number of ether oxygens (including phenoxy) is 1. The lowest BCUT2D eigenvalue weighted by Crippen LogP contribution is -2.56. The summed E-state index contributed by atoms with van der Waals surface area (Å²) in [5.41, 5.74) is 0. The van der Waals surface area contributed by atoms with Crippen LogP contribution in [0.3, 0.4) is 0 Å². The Morgan fingerprint density at radius 1 is 1.30 bits per heavy atom. The van der Waals surface area contributed by atoms with E-state index in [0.717, 1.165) is 32.7 Å². The number of hydrogen-bond acceptors (Lipinski definition) is 5. The monoisotopic (exact) mass is 286 g/mol. The molecule has 0 aromatic heterocycles. The molecule has 0 bridgehead atoms. The van der Waals surface area contributed by atoms with E-state index in [2.05, 4.69) is 15.5 Å². The second kappa shape index (κ2) is 7.41. The van der Waals surface area contributed by atoms with E-state index < -0.39 is 12.0 Å². The van der Waals surface area contributed by atoms with Gasteiger partial charge in [-0.25, -0.2) is 9.59 Å². The maximum Gasteiger partial charge on any atom is 0.328 e. The predicted octanol–water partition coefficient (Wildman–Crippen LogP) is -1.61. The molecule has 2 fully saturated rings. The third-order valence-corrected chi connectivity index (χ3v) is 3.59. The molecule has 0 aromatic carbocycles. The van der Waals surface area contributed by atoms with Gasteiger partial charge in [-0.3, -0.25) is 4.90 Å². The van der Waals surface area contributed by atoms with Crippen molar-refractivity contribution in [3.05, 3.63) is 0 Å². The van der Waals surface area contributed by atoms with E-state index in [1.165, 1.54) is 4.90 Å². The second-order valence-corrected chi connectivity index (χ2v) is 4.95. The number of aliphatic carboxylic acids is 1. The average Bonchev–Trinajstić information content (AvgIpc) is 2.48. The lowest BCUT2D eigenvalue weighted by atomic mass is 10.2. The van der Waals surface area contributed by atoms with Crippen LogP contribution in [-0.4, -0.2) is 92.0 Å². The summed E-state index contributed by atoms with van der Waals surface area (Å²) < 4.78 is 5.11. The van der Waals surface area contributed by atoms with Crippen LogP contribution < -0.4 is 10.6 Å². The van der Waals surface area contributed by atoms with Crippen molar-refractivity contribution in [1.82, 2.24) is 20.4 Å². The fourth-order valence-electron chi connectivity index (χ4n) is 2.41. The highest BCUT2D eigenvalue weighted by Crippen LogP contribution is 2.07. The van der Waals surface area contributed by atoms with Crippen LogP contribution in [0, 0.1) is 0 Å². The zero-order valence-electron chi connectivity index (χ0n) is 11.5. The molecule has 8 nitrogen and oxygen atoms in total. The Morgan fingerprint density at radius 2 is 2.05 bits per heavy atom. The third kappa shape index (κ3) is 4.06. The third-order valence-electron chi connectivity index (χ3n) is 3.59. The number of hydrogen-bond donors (Lipinski definition) is 3. The van der Waals surface area contributed by atoms with Crippen molar-refractivity contribution in [2.24, 2.45) is 0 Å². The fraction of sp³-hybridized carbons (Fsp3) is 0.833. The Kier molecular flexibility index (Phi) is 5.57. The maximum absolute atomic E-state index is 12.0. The molecule has 2 rings (SSSR count). The summed E-state index contributed by atoms with van der Waals surface area (Å²) in [6, 6.07) is -1.21. The number of carbonyl (C=O) groups is 2. The molecular formula is C12H22N4O4. The first kappa shape index (κ1) is 15.0. The van der Waals surface area contributed by atoms with Gasteiger partial charge in [-0.2, -0.15) is 0 Å². The minimum Gasteiger partial charge on any atom is -0.480 e. The van der Waals surface area contributed by atoms with Crippen LogP contribution >= 0.6 is 0 Å². The van der Waals surface area contributed by atoms with Gasteiger partial charge >= 0.3 is 12.0 Å². The predicted molar refractivity (Wildman–Crippen MR) is 71.7 cm³/mol. The van der Waals surface area contributed by atoms with E-state index in [1.54, 1.807) is 0 Å². The van der Waals surface area contributed by atoms with Gasteiger partial charge in [-0.05, 0) is 0 Å². The zero-order valence-corrected chi connectivity index (χ0v) is 11.5. The van der Waals surface area contributed by atoms with Gasteiger partial charge in [0.05, 0.1) is 13.2 Å². The van der Waals surface area contributed by atoms with E-state index >= 15 is 0 Å². The van der Waals surface area contributed by atoms with Gasteiger partial charge < -0.3 is 25.4 Å². The van der Waals surface area contributed by atoms with Crippen molar-refractivity contribution in [2.45, 2.75) is 6.04 Å². The summed E-state index contributed by atoms with van der Waals surface area (Å²) in [7, 11) is 0. The van der Waals surface area contributed by atoms with Crippen LogP contribution in [0.2, 0.25) is 0 Å². The van der Waals surface area contributed by atoms with Gasteiger partial charge in [-0.15, -0.1) is 0 Å². The summed E-state index contributed by atoms with van der Waals surface area (Å²) in [5.74, 6) is -1.03. The Labute approximate surface area is 118 Å². The number of carbonyl (C=O) groups excluding carboxylic acids is 1. The molecule has 2 aliphatic rings. The van der Waals surface area contributed by atoms with Crippen molar-refractivity contribution in [1.29, 1.82) is 0 Å². The molecule has 0 aromatic rings. The molecule has 0 saturated carbocycles. The van der Waals surface area contributed by atoms with E-state index in [1.807, 2.05) is 0 Å². The van der Waals surface area contributed by atoms with Crippen LogP contribution in [0.5, 0.6) is 0 Å². The number of carboxylic acids is 1. The molecule has 0 spiro atoms. The number of urea groups is 1. The minimum atomic E-state index is -1.03. The van der Waals surface area contributed by atoms with Crippen LogP contribution in [0.1, 0.15) is 0 Å². The molecule has 2 heterocycles. The van der Waals surface area contributed by atoms with E-state index in [0.29, 0.717) is 19.7 Å². The average molecular weight is 286 g/mol. The van der Waals surface area contributed by atoms with Crippen molar-refractivity contribution >= 4 is 12.0 Å². The maximum atomic E-state index is 12.0. The summed E-state index contributed by atoms with van der Waals surface area (Å²) in [5, 5.41) is 15.1. The summed E-state index contributed by atoms with van der Waals surface area (Å²) in [4.78, 5) is 26.7. The Morgan fingerprint density at radius 3 is 2.75 bits per heavy atom. The molecule has 2 aliphatic heterocycles. The first-order valence-corrected chi connectivity index (χ1v) is 6.96. The molecule has 1 atom stereocenters. The molecule has 3 N–H and O–H groups in total. The standard InChI is InChI=1S/C12H22N4O4/c17-11(18)10-9-20-8-7-16(10)12(19)14-3-6-15-4-1-13-2-5-15/h10,13H,1-9H2,(H,14,19)(H,17,18). The van der Waals surface area contributed by atoms with Gasteiger partial charge in [0, 0.05) is 45.8 Å². The lowest BCUT2D eigenvalue weighted by Gasteiger charge is -2.33. The summed E-state index contributed by atoms with van der Waals surface area (Å²) in [6.45, 7) is 5.97. The SMILES string of the molecule is O=C(O)C1COCCN1C(=O)NCCN1CCNCC1. The number of piperazine rings is 1. The number of amides is 2. The van der Waals surface area contributed by atoms with Crippen LogP contribution in [-0.2, 0) is 9.53 Å². The molecule has 2 saturated heterocycles. The Hall–Kier alpha value is -1.38. The fourth-order valence-corrected chi connectivity index (χ4v) is 2.41. The molecule has 0 aliphatic carbocycles. The first-order valence-electron chi connectivity index (χ1n) is 6.96. The first-order chi connectivity index (χ1) is 9.68. The number of rotatable bonds is 4.